The van der Waals surface area contributed by atoms with Crippen LogP contribution in [0.2, 0.25) is 5.02 Å². The number of nitrogens with zero attached hydrogens (tertiary/aromatic N) is 1. The quantitative estimate of drug-likeness (QED) is 0.349. The van der Waals surface area contributed by atoms with E-state index in [1.165, 1.54) is 19.2 Å². The standard InChI is InChI=1S/C31H41ClFN3O4/c1-20-15-22(17-24(33)16-20)28-26(8-4-9-27(28)32)31(39,12-6-13-35-30(38)40-3)23-7-5-14-36(19-23)29(37)21-10-11-25(18-21)34-2/h4,8-9,15-17,21,23,25,34,39H,5-7,10-14,18-19H2,1-3H3,(H,35,38)/t21-,23-,25+,31+/m1/s1. The van der Waals surface area contributed by atoms with Gasteiger partial charge in [-0.15, -0.1) is 0 Å². The second-order valence-corrected chi connectivity index (χ2v) is 11.7. The van der Waals surface area contributed by atoms with Crippen molar-refractivity contribution in [2.75, 3.05) is 33.8 Å². The van der Waals surface area contributed by atoms with Crippen molar-refractivity contribution in [3.63, 3.8) is 0 Å². The zero-order valence-corrected chi connectivity index (χ0v) is 24.4. The predicted octanol–water partition coefficient (Wildman–Crippen LogP) is 5.41. The summed E-state index contributed by atoms with van der Waals surface area (Å²) in [5.74, 6) is -0.496. The lowest BCUT2D eigenvalue weighted by molar-refractivity contribution is -0.140. The molecule has 9 heteroatoms. The van der Waals surface area contributed by atoms with E-state index in [9.17, 15) is 19.1 Å². The number of carbonyl (C=O) groups is 2. The summed E-state index contributed by atoms with van der Waals surface area (Å²) in [5, 5.41) is 19.0. The normalized spacial score (nSPS) is 22.6. The van der Waals surface area contributed by atoms with Crippen molar-refractivity contribution in [2.45, 2.75) is 63.5 Å². The second-order valence-electron chi connectivity index (χ2n) is 11.2. The summed E-state index contributed by atoms with van der Waals surface area (Å²) in [6, 6.07) is 10.5. The molecule has 40 heavy (non-hydrogen) atoms. The van der Waals surface area contributed by atoms with Crippen molar-refractivity contribution in [2.24, 2.45) is 11.8 Å². The maximum absolute atomic E-state index is 14.5. The Balaban J connectivity index is 1.68. The van der Waals surface area contributed by atoms with Gasteiger partial charge in [0.1, 0.15) is 5.82 Å². The Morgan fingerprint density at radius 1 is 1.23 bits per heavy atom. The molecule has 218 valence electrons. The van der Waals surface area contributed by atoms with Gasteiger partial charge in [-0.3, -0.25) is 4.79 Å². The van der Waals surface area contributed by atoms with Crippen molar-refractivity contribution >= 4 is 23.6 Å². The molecule has 2 fully saturated rings. The second kappa shape index (κ2) is 13.3. The molecule has 4 rings (SSSR count). The average molecular weight is 574 g/mol. The molecule has 1 aliphatic carbocycles. The van der Waals surface area contributed by atoms with Crippen molar-refractivity contribution in [1.82, 2.24) is 15.5 Å². The zero-order valence-electron chi connectivity index (χ0n) is 23.6. The monoisotopic (exact) mass is 573 g/mol. The number of rotatable bonds is 9. The highest BCUT2D eigenvalue weighted by molar-refractivity contribution is 6.33. The smallest absolute Gasteiger partial charge is 0.406 e. The lowest BCUT2D eigenvalue weighted by Crippen LogP contribution is -2.49. The van der Waals surface area contributed by atoms with Gasteiger partial charge in [-0.1, -0.05) is 29.8 Å². The van der Waals surface area contributed by atoms with Crippen LogP contribution in [0, 0.1) is 24.6 Å². The average Bonchev–Trinajstić information content (AvgIpc) is 3.43. The Kier molecular flexibility index (Phi) is 10.1. The van der Waals surface area contributed by atoms with Crippen LogP contribution in [0.1, 0.15) is 56.1 Å². The first-order valence-corrected chi connectivity index (χ1v) is 14.6. The fourth-order valence-electron chi connectivity index (χ4n) is 6.53. The molecule has 3 N–H and O–H groups in total. The van der Waals surface area contributed by atoms with Crippen LogP contribution in [-0.4, -0.2) is 61.8 Å². The summed E-state index contributed by atoms with van der Waals surface area (Å²) in [6.45, 7) is 3.23. The number of piperidine rings is 1. The van der Waals surface area contributed by atoms with Crippen LogP contribution < -0.4 is 10.6 Å². The lowest BCUT2D eigenvalue weighted by atomic mass is 9.72. The fraction of sp³-hybridized carbons (Fsp3) is 0.548. The molecule has 1 saturated carbocycles. The van der Waals surface area contributed by atoms with Gasteiger partial charge in [0.2, 0.25) is 5.91 Å². The highest BCUT2D eigenvalue weighted by Gasteiger charge is 2.44. The van der Waals surface area contributed by atoms with E-state index < -0.39 is 11.7 Å². The summed E-state index contributed by atoms with van der Waals surface area (Å²) in [7, 11) is 3.24. The third-order valence-corrected chi connectivity index (χ3v) is 8.91. The van der Waals surface area contributed by atoms with Gasteiger partial charge in [-0.25, -0.2) is 9.18 Å². The van der Waals surface area contributed by atoms with Gasteiger partial charge in [0.15, 0.2) is 0 Å². The number of amides is 2. The summed E-state index contributed by atoms with van der Waals surface area (Å²) >= 11 is 6.75. The van der Waals surface area contributed by atoms with Gasteiger partial charge >= 0.3 is 6.09 Å². The first-order chi connectivity index (χ1) is 19.2. The summed E-state index contributed by atoms with van der Waals surface area (Å²) in [5.41, 5.74) is 1.17. The number of alkyl carbamates (subject to hydrolysis) is 1. The molecule has 0 unspecified atom stereocenters. The van der Waals surface area contributed by atoms with E-state index >= 15 is 0 Å². The van der Waals surface area contributed by atoms with Gasteiger partial charge in [-0.2, -0.15) is 0 Å². The molecule has 1 heterocycles. The SMILES string of the molecule is CN[C@H]1CC[C@@H](C(=O)N2CCC[C@@H]([C@@](O)(CCCNC(=O)OC)c3cccc(Cl)c3-c3cc(C)cc(F)c3)C2)C1. The van der Waals surface area contributed by atoms with Gasteiger partial charge in [-0.05, 0) is 93.8 Å². The van der Waals surface area contributed by atoms with Gasteiger partial charge in [0.05, 0.1) is 12.7 Å². The number of methoxy groups -OCH3 is 1. The molecule has 0 radical (unpaired) electrons. The van der Waals surface area contributed by atoms with E-state index in [4.69, 9.17) is 11.6 Å². The summed E-state index contributed by atoms with van der Waals surface area (Å²) in [6.07, 6.45) is 4.43. The number of halogens is 2. The molecule has 0 aromatic heterocycles. The van der Waals surface area contributed by atoms with E-state index in [0.717, 1.165) is 37.7 Å². The van der Waals surface area contributed by atoms with E-state index in [-0.39, 0.29) is 23.6 Å². The Morgan fingerprint density at radius 3 is 2.73 bits per heavy atom. The number of nitrogens with one attached hydrogen (secondary N) is 2. The van der Waals surface area contributed by atoms with E-state index in [0.29, 0.717) is 60.2 Å². The van der Waals surface area contributed by atoms with Crippen molar-refractivity contribution < 1.29 is 23.8 Å². The van der Waals surface area contributed by atoms with Crippen LogP contribution in [0.25, 0.3) is 11.1 Å². The van der Waals surface area contributed by atoms with Crippen LogP contribution in [0.5, 0.6) is 0 Å². The molecule has 0 spiro atoms. The minimum atomic E-state index is -1.37. The van der Waals surface area contributed by atoms with Crippen LogP contribution in [0.3, 0.4) is 0 Å². The third kappa shape index (κ3) is 6.78. The zero-order chi connectivity index (χ0) is 28.9. The Bertz CT molecular complexity index is 1190. The number of carbonyl (C=O) groups excluding carboxylic acids is 2. The number of hydrogen-bond acceptors (Lipinski definition) is 5. The maximum Gasteiger partial charge on any atom is 0.406 e. The highest BCUT2D eigenvalue weighted by atomic mass is 35.5. The Morgan fingerprint density at radius 2 is 2.02 bits per heavy atom. The molecule has 4 atom stereocenters. The van der Waals surface area contributed by atoms with Gasteiger partial charge in [0, 0.05) is 48.1 Å². The van der Waals surface area contributed by atoms with Crippen LogP contribution >= 0.6 is 11.6 Å². The number of ether oxygens (including phenoxy) is 1. The first kappa shape index (κ1) is 30.3. The van der Waals surface area contributed by atoms with Crippen LogP contribution in [0.4, 0.5) is 9.18 Å². The minimum absolute atomic E-state index is 0.00875. The number of likely N-dealkylation sites (tertiary alicyclic amines) is 1. The Labute approximate surface area is 241 Å². The molecular formula is C31H41ClFN3O4. The number of benzene rings is 2. The number of aryl methyl sites for hydroxylation is 1. The largest absolute Gasteiger partial charge is 0.453 e. The molecule has 2 aromatic carbocycles. The third-order valence-electron chi connectivity index (χ3n) is 8.60. The van der Waals surface area contributed by atoms with Crippen molar-refractivity contribution in [3.8, 4) is 11.1 Å². The van der Waals surface area contributed by atoms with Gasteiger partial charge in [0.25, 0.3) is 0 Å². The molecular weight excluding hydrogens is 533 g/mol. The highest BCUT2D eigenvalue weighted by Crippen LogP contribution is 2.46. The number of hydrogen-bond donors (Lipinski definition) is 3. The predicted molar refractivity (Wildman–Crippen MR) is 155 cm³/mol. The first-order valence-electron chi connectivity index (χ1n) is 14.2. The van der Waals surface area contributed by atoms with Gasteiger partial charge < -0.3 is 25.4 Å². The lowest BCUT2D eigenvalue weighted by Gasteiger charge is -2.44. The number of aliphatic hydroxyl groups is 1. The van der Waals surface area contributed by atoms with E-state index in [1.54, 1.807) is 12.1 Å². The minimum Gasteiger partial charge on any atom is -0.453 e. The molecule has 2 aromatic rings. The Hall–Kier alpha value is -2.68. The molecule has 1 saturated heterocycles. The maximum atomic E-state index is 14.5. The molecule has 7 nitrogen and oxygen atoms in total. The molecule has 2 amide bonds. The fourth-order valence-corrected chi connectivity index (χ4v) is 6.82. The summed E-state index contributed by atoms with van der Waals surface area (Å²) in [4.78, 5) is 27.1. The van der Waals surface area contributed by atoms with Crippen molar-refractivity contribution in [1.29, 1.82) is 0 Å². The molecule has 2 aliphatic rings. The molecule has 0 bridgehead atoms. The molecule has 1 aliphatic heterocycles. The van der Waals surface area contributed by atoms with E-state index in [1.807, 2.05) is 31.0 Å². The topological polar surface area (TPSA) is 90.9 Å². The van der Waals surface area contributed by atoms with Crippen LogP contribution in [0.15, 0.2) is 36.4 Å². The van der Waals surface area contributed by atoms with E-state index in [2.05, 4.69) is 15.4 Å². The van der Waals surface area contributed by atoms with Crippen molar-refractivity contribution in [3.05, 3.63) is 58.4 Å². The van der Waals surface area contributed by atoms with Crippen LogP contribution in [-0.2, 0) is 15.1 Å². The summed E-state index contributed by atoms with van der Waals surface area (Å²) < 4.78 is 19.2.